The van der Waals surface area contributed by atoms with Gasteiger partial charge in [0.1, 0.15) is 11.1 Å². The number of rotatable bonds is 6. The Bertz CT molecular complexity index is 975. The average molecular weight is 471 g/mol. The van der Waals surface area contributed by atoms with Gasteiger partial charge in [-0.2, -0.15) is 5.26 Å². The van der Waals surface area contributed by atoms with Gasteiger partial charge in [0.25, 0.3) is 0 Å². The fraction of sp³-hybridized carbons (Fsp3) is 0.500. The first-order valence-electron chi connectivity index (χ1n) is 11.4. The summed E-state index contributed by atoms with van der Waals surface area (Å²) in [4.78, 5) is 17.0. The maximum atomic E-state index is 12.7. The van der Waals surface area contributed by atoms with E-state index in [4.69, 9.17) is 5.14 Å². The van der Waals surface area contributed by atoms with E-state index in [1.165, 1.54) is 37.0 Å². The number of nitriles is 1. The van der Waals surface area contributed by atoms with Crippen molar-refractivity contribution < 1.29 is 9.35 Å². The summed E-state index contributed by atoms with van der Waals surface area (Å²) in [6.07, 6.45) is 8.88. The second kappa shape index (κ2) is 10.8. The quantitative estimate of drug-likeness (QED) is 0.618. The minimum atomic E-state index is -1.53. The molecule has 0 saturated heterocycles. The molecule has 1 aliphatic carbocycles. The highest BCUT2D eigenvalue weighted by atomic mass is 32.2. The van der Waals surface area contributed by atoms with Crippen LogP contribution in [0.15, 0.2) is 29.2 Å². The number of amides is 1. The monoisotopic (exact) mass is 470 g/mol. The Morgan fingerprint density at radius 2 is 2.00 bits per heavy atom. The second-order valence-corrected chi connectivity index (χ2v) is 11.0. The number of hydrogen-bond acceptors (Lipinski definition) is 6. The first-order chi connectivity index (χ1) is 15.5. The summed E-state index contributed by atoms with van der Waals surface area (Å²) >= 11 is 0.0299. The Kier molecular flexibility index (Phi) is 7.87. The number of thiophene rings is 1. The Hall–Kier alpha value is -1.89. The molecular formula is C24H30N4O2S2. The van der Waals surface area contributed by atoms with E-state index in [-0.39, 0.29) is 12.3 Å². The van der Waals surface area contributed by atoms with Gasteiger partial charge in [-0.15, -0.1) is 16.5 Å². The number of carbonyl (C=O) groups is 1. The Morgan fingerprint density at radius 3 is 2.69 bits per heavy atom. The van der Waals surface area contributed by atoms with E-state index < -0.39 is 11.4 Å². The third-order valence-corrected chi connectivity index (χ3v) is 8.35. The zero-order chi connectivity index (χ0) is 22.5. The molecule has 1 fully saturated rings. The van der Waals surface area contributed by atoms with Gasteiger partial charge in [0, 0.05) is 18.0 Å². The van der Waals surface area contributed by atoms with Gasteiger partial charge in [-0.1, -0.05) is 31.4 Å². The fourth-order valence-corrected chi connectivity index (χ4v) is 6.52. The molecule has 32 heavy (non-hydrogen) atoms. The predicted octanol–water partition coefficient (Wildman–Crippen LogP) is 4.11. The van der Waals surface area contributed by atoms with Crippen LogP contribution in [0.3, 0.4) is 0 Å². The molecule has 1 aromatic carbocycles. The lowest BCUT2D eigenvalue weighted by molar-refractivity contribution is -0.115. The van der Waals surface area contributed by atoms with Crippen molar-refractivity contribution in [1.29, 1.82) is 5.26 Å². The van der Waals surface area contributed by atoms with Crippen LogP contribution in [0.25, 0.3) is 0 Å². The van der Waals surface area contributed by atoms with Gasteiger partial charge >= 0.3 is 0 Å². The average Bonchev–Trinajstić information content (AvgIpc) is 2.97. The van der Waals surface area contributed by atoms with Crippen LogP contribution < -0.4 is 10.5 Å². The Labute approximate surface area is 197 Å². The minimum absolute atomic E-state index is 0.154. The molecule has 2 aliphatic rings. The molecule has 0 radical (unpaired) electrons. The molecule has 0 spiro atoms. The smallest absolute Gasteiger partial charge is 0.229 e. The molecule has 0 bridgehead atoms. The van der Waals surface area contributed by atoms with Crippen molar-refractivity contribution >= 4 is 33.6 Å². The van der Waals surface area contributed by atoms with Crippen LogP contribution in [-0.2, 0) is 35.5 Å². The molecule has 3 N–H and O–H groups in total. The van der Waals surface area contributed by atoms with Crippen molar-refractivity contribution in [3.8, 4) is 6.07 Å². The van der Waals surface area contributed by atoms with E-state index in [2.05, 4.69) is 16.3 Å². The number of anilines is 1. The summed E-state index contributed by atoms with van der Waals surface area (Å²) in [5.41, 5.74) is 2.56. The highest BCUT2D eigenvalue weighted by molar-refractivity contribution is 7.89. The minimum Gasteiger partial charge on any atom is -0.593 e. The number of carbonyl (C=O) groups excluding carboxylic acids is 1. The van der Waals surface area contributed by atoms with Crippen molar-refractivity contribution in [2.75, 3.05) is 18.4 Å². The second-order valence-electron chi connectivity index (χ2n) is 8.83. The van der Waals surface area contributed by atoms with E-state index in [0.29, 0.717) is 15.5 Å². The lowest BCUT2D eigenvalue weighted by atomic mass is 9.89. The molecule has 8 heteroatoms. The van der Waals surface area contributed by atoms with Crippen molar-refractivity contribution in [3.05, 3.63) is 45.8 Å². The molecular weight excluding hydrogens is 440 g/mol. The molecule has 4 rings (SSSR count). The molecule has 170 valence electrons. The standard InChI is InChI=1S/C24H30N4O2S2/c25-14-21-20-7-4-12-28(15-18-5-2-1-3-6-18)16-22(20)31-24(21)27-23(29)13-17-8-10-19(11-9-17)32(26)30/h8-11,18H,1-7,12-13,15-16,26H2,(H,27,29). The van der Waals surface area contributed by atoms with E-state index in [0.717, 1.165) is 49.5 Å². The molecule has 1 atom stereocenters. The zero-order valence-corrected chi connectivity index (χ0v) is 19.9. The van der Waals surface area contributed by atoms with Crippen LogP contribution in [0.1, 0.15) is 60.1 Å². The normalized spacial score (nSPS) is 18.4. The van der Waals surface area contributed by atoms with Gasteiger partial charge in [-0.3, -0.25) is 9.69 Å². The van der Waals surface area contributed by atoms with Crippen molar-refractivity contribution in [2.45, 2.75) is 62.8 Å². The van der Waals surface area contributed by atoms with Gasteiger partial charge in [-0.25, -0.2) is 0 Å². The highest BCUT2D eigenvalue weighted by Crippen LogP contribution is 2.37. The van der Waals surface area contributed by atoms with Crippen LogP contribution in [0.4, 0.5) is 5.00 Å². The fourth-order valence-electron chi connectivity index (χ4n) is 4.86. The van der Waals surface area contributed by atoms with Crippen molar-refractivity contribution in [1.82, 2.24) is 4.90 Å². The van der Waals surface area contributed by atoms with Gasteiger partial charge in [-0.05, 0) is 61.4 Å². The van der Waals surface area contributed by atoms with Gasteiger partial charge in [0.05, 0.1) is 23.3 Å². The maximum Gasteiger partial charge on any atom is 0.229 e. The molecule has 6 nitrogen and oxygen atoms in total. The number of nitrogens with zero attached hydrogens (tertiary/aromatic N) is 2. The molecule has 2 heterocycles. The van der Waals surface area contributed by atoms with Crippen LogP contribution in [-0.4, -0.2) is 28.4 Å². The lowest BCUT2D eigenvalue weighted by Crippen LogP contribution is -2.30. The third-order valence-electron chi connectivity index (χ3n) is 6.49. The highest BCUT2D eigenvalue weighted by Gasteiger charge is 2.25. The van der Waals surface area contributed by atoms with Crippen LogP contribution in [0.2, 0.25) is 0 Å². The van der Waals surface area contributed by atoms with Crippen LogP contribution >= 0.6 is 11.3 Å². The molecule has 1 unspecified atom stereocenters. The van der Waals surface area contributed by atoms with E-state index >= 15 is 0 Å². The number of benzene rings is 1. The summed E-state index contributed by atoms with van der Waals surface area (Å²) in [5, 5.41) is 18.8. The number of hydrogen-bond donors (Lipinski definition) is 2. The lowest BCUT2D eigenvalue weighted by Gasteiger charge is -2.28. The summed E-state index contributed by atoms with van der Waals surface area (Å²) < 4.78 is 11.3. The zero-order valence-electron chi connectivity index (χ0n) is 18.3. The number of nitrogens with one attached hydrogen (secondary N) is 1. The molecule has 1 aliphatic heterocycles. The Balaban J connectivity index is 1.43. The summed E-state index contributed by atoms with van der Waals surface area (Å²) in [6.45, 7) is 3.09. The first kappa shape index (κ1) is 23.3. The van der Waals surface area contributed by atoms with Gasteiger partial charge in [0.2, 0.25) is 5.91 Å². The predicted molar refractivity (Wildman–Crippen MR) is 129 cm³/mol. The maximum absolute atomic E-state index is 12.7. The topological polar surface area (TPSA) is 105 Å². The number of nitrogens with two attached hydrogens (primary N) is 1. The molecule has 1 saturated carbocycles. The largest absolute Gasteiger partial charge is 0.593 e. The molecule has 2 aromatic rings. The van der Waals surface area contributed by atoms with Crippen LogP contribution in [0, 0.1) is 17.2 Å². The first-order valence-corrected chi connectivity index (χ1v) is 13.4. The SMILES string of the molecule is N#Cc1c(NC(=O)Cc2ccc([S+](N)[O-])cc2)sc2c1CCCN(CC1CCCCC1)C2. The van der Waals surface area contributed by atoms with Crippen molar-refractivity contribution in [2.24, 2.45) is 11.1 Å². The van der Waals surface area contributed by atoms with E-state index in [9.17, 15) is 14.6 Å². The summed E-state index contributed by atoms with van der Waals surface area (Å²) in [6, 6.07) is 9.22. The third kappa shape index (κ3) is 5.72. The summed E-state index contributed by atoms with van der Waals surface area (Å²) in [5.74, 6) is 0.640. The number of fused-ring (bicyclic) bond motifs is 1. The van der Waals surface area contributed by atoms with Crippen molar-refractivity contribution in [3.63, 3.8) is 0 Å². The molecule has 1 amide bonds. The Morgan fingerprint density at radius 1 is 1.25 bits per heavy atom. The van der Waals surface area contributed by atoms with Gasteiger partial charge < -0.3 is 9.87 Å². The molecule has 1 aromatic heterocycles. The summed E-state index contributed by atoms with van der Waals surface area (Å²) in [7, 11) is 0. The van der Waals surface area contributed by atoms with E-state index in [1.807, 2.05) is 0 Å². The van der Waals surface area contributed by atoms with Crippen LogP contribution in [0.5, 0.6) is 0 Å². The van der Waals surface area contributed by atoms with E-state index in [1.54, 1.807) is 35.6 Å². The van der Waals surface area contributed by atoms with Gasteiger partial charge in [0.15, 0.2) is 4.90 Å².